The van der Waals surface area contributed by atoms with Gasteiger partial charge in [0.25, 0.3) is 5.91 Å². The van der Waals surface area contributed by atoms with E-state index in [2.05, 4.69) is 26.2 Å². The molecule has 2 aromatic rings. The van der Waals surface area contributed by atoms with Crippen molar-refractivity contribution in [1.29, 1.82) is 0 Å². The summed E-state index contributed by atoms with van der Waals surface area (Å²) in [6.45, 7) is 0.327. The number of rotatable bonds is 7. The number of aliphatic carboxylic acids is 1. The van der Waals surface area contributed by atoms with Gasteiger partial charge in [-0.15, -0.1) is 16.9 Å². The number of aryl methyl sites for hydroxylation is 1. The highest BCUT2D eigenvalue weighted by Gasteiger charge is 2.54. The summed E-state index contributed by atoms with van der Waals surface area (Å²) in [4.78, 5) is 38.1. The van der Waals surface area contributed by atoms with E-state index >= 15 is 0 Å². The van der Waals surface area contributed by atoms with E-state index < -0.39 is 29.3 Å². The Morgan fingerprint density at radius 2 is 2.10 bits per heavy atom. The van der Waals surface area contributed by atoms with Gasteiger partial charge in [-0.25, -0.2) is 14.3 Å². The lowest BCUT2D eigenvalue weighted by Gasteiger charge is -2.49. The lowest BCUT2D eigenvalue weighted by atomic mass is 10.0. The van der Waals surface area contributed by atoms with Crippen LogP contribution in [0.4, 0.5) is 4.79 Å². The number of hydrogen-bond donors (Lipinski definition) is 3. The molecule has 0 spiro atoms. The van der Waals surface area contributed by atoms with Gasteiger partial charge in [0.05, 0.1) is 0 Å². The number of carbonyl (C=O) groups excluding carboxylic acids is 2. The Morgan fingerprint density at radius 1 is 1.32 bits per heavy atom. The first kappa shape index (κ1) is 21.2. The van der Waals surface area contributed by atoms with E-state index in [1.165, 1.54) is 33.1 Å². The molecule has 13 heteroatoms. The van der Waals surface area contributed by atoms with Crippen molar-refractivity contribution in [2.24, 2.45) is 7.05 Å². The normalized spacial score (nSPS) is 20.2. The molecule has 0 aliphatic carbocycles. The highest BCUT2D eigenvalue weighted by atomic mass is 32.2. The number of nitrogens with one attached hydrogen (secondary N) is 2. The van der Waals surface area contributed by atoms with E-state index in [4.69, 9.17) is 0 Å². The molecule has 2 aliphatic heterocycles. The Hall–Kier alpha value is -3.06. The molecule has 31 heavy (non-hydrogen) atoms. The van der Waals surface area contributed by atoms with Crippen molar-refractivity contribution in [2.75, 3.05) is 11.5 Å². The number of urea groups is 1. The van der Waals surface area contributed by atoms with E-state index in [-0.39, 0.29) is 5.70 Å². The number of carboxylic acids is 1. The first-order valence-electron chi connectivity index (χ1n) is 9.29. The van der Waals surface area contributed by atoms with Gasteiger partial charge in [0.15, 0.2) is 0 Å². The van der Waals surface area contributed by atoms with E-state index in [9.17, 15) is 19.5 Å². The fourth-order valence-electron chi connectivity index (χ4n) is 3.26. The van der Waals surface area contributed by atoms with Gasteiger partial charge in [-0.2, -0.15) is 0 Å². The lowest BCUT2D eigenvalue weighted by molar-refractivity contribution is -0.148. The Balaban J connectivity index is 1.39. The predicted octanol–water partition coefficient (Wildman–Crippen LogP) is 0.424. The largest absolute Gasteiger partial charge is 0.477 e. The quantitative estimate of drug-likeness (QED) is 0.395. The molecule has 3 amide bonds. The smallest absolute Gasteiger partial charge is 0.352 e. The van der Waals surface area contributed by atoms with Crippen LogP contribution < -0.4 is 10.6 Å². The zero-order chi connectivity index (χ0) is 22.0. The van der Waals surface area contributed by atoms with Gasteiger partial charge in [-0.1, -0.05) is 42.1 Å². The van der Waals surface area contributed by atoms with Crippen molar-refractivity contribution in [1.82, 2.24) is 35.7 Å². The lowest BCUT2D eigenvalue weighted by Crippen LogP contribution is -2.71. The van der Waals surface area contributed by atoms with Crippen LogP contribution in [-0.4, -0.2) is 71.0 Å². The average molecular weight is 462 g/mol. The van der Waals surface area contributed by atoms with Crippen LogP contribution in [0.1, 0.15) is 5.56 Å². The fourth-order valence-corrected chi connectivity index (χ4v) is 5.59. The number of carboxylic acid groups (broad SMARTS) is 1. The molecule has 2 atom stereocenters. The summed E-state index contributed by atoms with van der Waals surface area (Å²) in [5.41, 5.74) is 1.52. The van der Waals surface area contributed by atoms with Gasteiger partial charge in [0.2, 0.25) is 5.16 Å². The van der Waals surface area contributed by atoms with Crippen molar-refractivity contribution < 1.29 is 19.5 Å². The first-order valence-corrected chi connectivity index (χ1v) is 11.3. The van der Waals surface area contributed by atoms with E-state index in [0.717, 1.165) is 5.56 Å². The molecule has 0 saturated carbocycles. The topological polar surface area (TPSA) is 142 Å². The second-order valence-electron chi connectivity index (χ2n) is 6.83. The Morgan fingerprint density at radius 3 is 2.77 bits per heavy atom. The minimum Gasteiger partial charge on any atom is -0.477 e. The van der Waals surface area contributed by atoms with Crippen LogP contribution >= 0.6 is 23.5 Å². The number of fused-ring (bicyclic) bond motifs is 1. The standard InChI is InChI=1S/C18H19N7O4S2/c1-24-18(21-22-23-24)31-9-11-8-30-15-12(14(26)25(15)13(11)16(27)28)20-17(29)19-7-10-5-3-2-4-6-10/h2-6,12,15H,7-9H2,1H3,(H,27,28)(H2,19,20,29)/t12?,15-/m1/s1. The van der Waals surface area contributed by atoms with Gasteiger partial charge in [-0.05, 0) is 21.6 Å². The Labute approximate surface area is 185 Å². The number of amides is 3. The van der Waals surface area contributed by atoms with E-state index in [0.29, 0.717) is 28.8 Å². The van der Waals surface area contributed by atoms with Crippen molar-refractivity contribution in [3.8, 4) is 0 Å². The molecule has 1 fully saturated rings. The Bertz CT molecular complexity index is 1040. The molecular formula is C18H19N7O4S2. The maximum atomic E-state index is 12.7. The van der Waals surface area contributed by atoms with E-state index in [1.807, 2.05) is 30.3 Å². The first-order chi connectivity index (χ1) is 15.0. The number of aromatic nitrogens is 4. The average Bonchev–Trinajstić information content (AvgIpc) is 3.19. The maximum absolute atomic E-state index is 12.7. The fraction of sp³-hybridized carbons (Fsp3) is 0.333. The number of carbonyl (C=O) groups is 3. The van der Waals surface area contributed by atoms with Crippen molar-refractivity contribution in [3.63, 3.8) is 0 Å². The molecule has 1 saturated heterocycles. The number of β-lactam (4-membered cyclic amide) rings is 1. The third-order valence-corrected chi connectivity index (χ3v) is 7.23. The molecule has 3 heterocycles. The predicted molar refractivity (Wildman–Crippen MR) is 113 cm³/mol. The van der Waals surface area contributed by atoms with Gasteiger partial charge < -0.3 is 15.7 Å². The number of tetrazole rings is 1. The van der Waals surface area contributed by atoms with Crippen molar-refractivity contribution >= 4 is 41.4 Å². The van der Waals surface area contributed by atoms with Crippen molar-refractivity contribution in [3.05, 3.63) is 47.2 Å². The summed E-state index contributed by atoms with van der Waals surface area (Å²) >= 11 is 2.72. The van der Waals surface area contributed by atoms with E-state index in [1.54, 1.807) is 7.05 Å². The summed E-state index contributed by atoms with van der Waals surface area (Å²) in [5.74, 6) is -0.836. The molecule has 1 unspecified atom stereocenters. The summed E-state index contributed by atoms with van der Waals surface area (Å²) in [7, 11) is 1.69. The SMILES string of the molecule is Cn1nnnc1SCC1=C(C(=O)O)N2C(=O)C(NC(=O)NCc3ccccc3)[C@H]2SC1. The summed E-state index contributed by atoms with van der Waals surface area (Å²) < 4.78 is 1.49. The van der Waals surface area contributed by atoms with Crippen LogP contribution in [-0.2, 0) is 23.2 Å². The highest BCUT2D eigenvalue weighted by molar-refractivity contribution is 8.01. The van der Waals surface area contributed by atoms with Crippen LogP contribution in [0.3, 0.4) is 0 Å². The van der Waals surface area contributed by atoms with Crippen LogP contribution in [0.25, 0.3) is 0 Å². The number of thioether (sulfide) groups is 2. The van der Waals surface area contributed by atoms with Gasteiger partial charge >= 0.3 is 12.0 Å². The summed E-state index contributed by atoms with van der Waals surface area (Å²) in [5, 5.41) is 26.4. The van der Waals surface area contributed by atoms with Gasteiger partial charge in [0.1, 0.15) is 17.1 Å². The van der Waals surface area contributed by atoms with Crippen LogP contribution in [0.15, 0.2) is 46.8 Å². The zero-order valence-corrected chi connectivity index (χ0v) is 18.0. The molecule has 1 aromatic heterocycles. The van der Waals surface area contributed by atoms with Gasteiger partial charge in [-0.3, -0.25) is 9.69 Å². The highest BCUT2D eigenvalue weighted by Crippen LogP contribution is 2.41. The molecule has 0 bridgehead atoms. The van der Waals surface area contributed by atoms with Crippen LogP contribution in [0, 0.1) is 0 Å². The number of hydrogen-bond acceptors (Lipinski definition) is 8. The molecule has 162 valence electrons. The zero-order valence-electron chi connectivity index (χ0n) is 16.4. The molecule has 3 N–H and O–H groups in total. The minimum absolute atomic E-state index is 0.0286. The third kappa shape index (κ3) is 4.37. The third-order valence-electron chi connectivity index (χ3n) is 4.79. The monoisotopic (exact) mass is 461 g/mol. The second kappa shape index (κ2) is 8.98. The summed E-state index contributed by atoms with van der Waals surface area (Å²) in [6, 6.07) is 8.15. The Kier molecular flexibility index (Phi) is 6.13. The molecule has 0 radical (unpaired) electrons. The number of nitrogens with zero attached hydrogens (tertiary/aromatic N) is 5. The second-order valence-corrected chi connectivity index (χ2v) is 8.88. The molecule has 2 aliphatic rings. The van der Waals surface area contributed by atoms with Gasteiger partial charge in [0, 0.05) is 25.1 Å². The van der Waals surface area contributed by atoms with Crippen LogP contribution in [0.5, 0.6) is 0 Å². The molecular weight excluding hydrogens is 442 g/mol. The minimum atomic E-state index is -1.17. The summed E-state index contributed by atoms with van der Waals surface area (Å²) in [6.07, 6.45) is 0. The van der Waals surface area contributed by atoms with Crippen molar-refractivity contribution in [2.45, 2.75) is 23.1 Å². The number of benzene rings is 1. The molecule has 1 aromatic carbocycles. The molecule has 11 nitrogen and oxygen atoms in total. The van der Waals surface area contributed by atoms with Crippen LogP contribution in [0.2, 0.25) is 0 Å². The molecule has 4 rings (SSSR count). The maximum Gasteiger partial charge on any atom is 0.352 e.